The van der Waals surface area contributed by atoms with E-state index in [1.807, 2.05) is 31.2 Å². The Hall–Kier alpha value is -2.79. The van der Waals surface area contributed by atoms with Gasteiger partial charge < -0.3 is 27.6 Å². The molecule has 0 unspecified atom stereocenters. The second kappa shape index (κ2) is 7.19. The number of carbonyl (C=O) groups is 1. The molecule has 6 heteroatoms. The third-order valence-electron chi connectivity index (χ3n) is 3.65. The van der Waals surface area contributed by atoms with Crippen LogP contribution in [-0.4, -0.2) is 18.2 Å². The monoisotopic (exact) mass is 344 g/mol. The number of ether oxygens (including phenoxy) is 1. The van der Waals surface area contributed by atoms with Gasteiger partial charge in [-0.3, -0.25) is 0 Å². The number of benzene rings is 2. The quantitative estimate of drug-likeness (QED) is 0.719. The van der Waals surface area contributed by atoms with E-state index in [0.717, 1.165) is 28.0 Å². The summed E-state index contributed by atoms with van der Waals surface area (Å²) in [7, 11) is 1.62. The number of methoxy groups -OCH3 is 1. The minimum Gasteiger partial charge on any atom is -1.00 e. The first kappa shape index (κ1) is 17.6. The van der Waals surface area contributed by atoms with Crippen LogP contribution >= 0.6 is 0 Å². The Kier molecular flexibility index (Phi) is 5.26. The number of aryl methyl sites for hydroxylation is 1. The van der Waals surface area contributed by atoms with Crippen LogP contribution in [0.3, 0.4) is 0 Å². The molecule has 24 heavy (non-hydrogen) atoms. The highest BCUT2D eigenvalue weighted by atomic mass is 35.5. The van der Waals surface area contributed by atoms with Gasteiger partial charge in [0.1, 0.15) is 0 Å². The summed E-state index contributed by atoms with van der Waals surface area (Å²) >= 11 is 0. The van der Waals surface area contributed by atoms with Gasteiger partial charge in [-0.2, -0.15) is 0 Å². The molecular weight excluding hydrogens is 328 g/mol. The number of hydrogen-bond donors (Lipinski definition) is 2. The highest BCUT2D eigenvalue weighted by Gasteiger charge is 2.16. The van der Waals surface area contributed by atoms with E-state index in [1.165, 1.54) is 0 Å². The Bertz CT molecular complexity index is 897. The average Bonchev–Trinajstić information content (AvgIpc) is 2.54. The molecule has 3 rings (SSSR count). The van der Waals surface area contributed by atoms with Crippen molar-refractivity contribution in [2.75, 3.05) is 12.4 Å². The largest absolute Gasteiger partial charge is 1.00 e. The molecule has 0 bridgehead atoms. The highest BCUT2D eigenvalue weighted by molar-refractivity contribution is 5.99. The van der Waals surface area contributed by atoms with Gasteiger partial charge in [-0.25, -0.2) is 9.78 Å². The lowest BCUT2D eigenvalue weighted by atomic mass is 10.1. The first-order valence-electron chi connectivity index (χ1n) is 7.19. The van der Waals surface area contributed by atoms with Gasteiger partial charge in [0.15, 0.2) is 11.4 Å². The summed E-state index contributed by atoms with van der Waals surface area (Å²) in [6.45, 7) is 1.94. The Morgan fingerprint density at radius 1 is 1.12 bits per heavy atom. The number of carboxylic acids is 1. The third kappa shape index (κ3) is 3.26. The standard InChI is InChI=1S/C18H16N2O3.ClH/c1-11-10-15(12-7-5-9-16(23-2)17(12)19-11)20-14-8-4-3-6-13(14)18(21)22;/h3-10H,1-2H3,(H,19,20)(H,21,22);1H. The van der Waals surface area contributed by atoms with Gasteiger partial charge in [0.25, 0.3) is 5.52 Å². The van der Waals surface area contributed by atoms with Crippen molar-refractivity contribution < 1.29 is 32.0 Å². The summed E-state index contributed by atoms with van der Waals surface area (Å²) in [5.74, 6) is -0.227. The summed E-state index contributed by atoms with van der Waals surface area (Å²) in [5.41, 5.74) is 3.41. The highest BCUT2D eigenvalue weighted by Crippen LogP contribution is 2.30. The van der Waals surface area contributed by atoms with E-state index in [-0.39, 0.29) is 18.0 Å². The van der Waals surface area contributed by atoms with Crippen LogP contribution in [0.15, 0.2) is 48.5 Å². The van der Waals surface area contributed by atoms with Crippen LogP contribution in [0.25, 0.3) is 10.9 Å². The molecular formula is C18H17ClN2O3. The van der Waals surface area contributed by atoms with E-state index in [9.17, 15) is 9.90 Å². The fourth-order valence-electron chi connectivity index (χ4n) is 2.61. The predicted octanol–water partition coefficient (Wildman–Crippen LogP) is 0.417. The van der Waals surface area contributed by atoms with Crippen molar-refractivity contribution in [3.05, 3.63) is 59.8 Å². The second-order valence-electron chi connectivity index (χ2n) is 5.22. The fraction of sp³-hybridized carbons (Fsp3) is 0.111. The minimum atomic E-state index is -0.964. The summed E-state index contributed by atoms with van der Waals surface area (Å²) < 4.78 is 5.40. The number of halogens is 1. The molecule has 0 amide bonds. The molecule has 3 aromatic rings. The first-order valence-corrected chi connectivity index (χ1v) is 7.19. The van der Waals surface area contributed by atoms with Gasteiger partial charge in [-0.05, 0) is 24.3 Å². The number of para-hydroxylation sites is 2. The molecule has 3 N–H and O–H groups in total. The number of carboxylic acid groups (broad SMARTS) is 1. The zero-order chi connectivity index (χ0) is 16.4. The summed E-state index contributed by atoms with van der Waals surface area (Å²) in [6.07, 6.45) is 0. The SMILES string of the molecule is COc1cccc2c(Nc3ccccc3C(=O)O)cc(C)[nH+]c12.[Cl-]. The number of aromatic amines is 1. The number of nitrogens with one attached hydrogen (secondary N) is 2. The lowest BCUT2D eigenvalue weighted by Gasteiger charge is -2.11. The molecule has 5 nitrogen and oxygen atoms in total. The molecule has 0 fully saturated rings. The predicted molar refractivity (Wildman–Crippen MR) is 88.5 cm³/mol. The van der Waals surface area contributed by atoms with Crippen LogP contribution in [0.4, 0.5) is 11.4 Å². The molecule has 0 spiro atoms. The van der Waals surface area contributed by atoms with Gasteiger partial charge in [-0.1, -0.05) is 18.2 Å². The molecule has 0 aliphatic heterocycles. The van der Waals surface area contributed by atoms with Gasteiger partial charge >= 0.3 is 5.97 Å². The molecule has 1 aromatic heterocycles. The molecule has 1 heterocycles. The van der Waals surface area contributed by atoms with Crippen LogP contribution in [0.1, 0.15) is 16.1 Å². The maximum Gasteiger partial charge on any atom is 0.337 e. The van der Waals surface area contributed by atoms with E-state index >= 15 is 0 Å². The minimum absolute atomic E-state index is 0. The van der Waals surface area contributed by atoms with Gasteiger partial charge in [0.2, 0.25) is 0 Å². The average molecular weight is 345 g/mol. The molecule has 0 aliphatic carbocycles. The molecule has 124 valence electrons. The Morgan fingerprint density at radius 2 is 1.88 bits per heavy atom. The van der Waals surface area contributed by atoms with Crippen LogP contribution < -0.4 is 27.4 Å². The number of hydrogen-bond acceptors (Lipinski definition) is 3. The van der Waals surface area contributed by atoms with Crippen molar-refractivity contribution in [2.24, 2.45) is 0 Å². The number of fused-ring (bicyclic) bond motifs is 1. The summed E-state index contributed by atoms with van der Waals surface area (Å²) in [5, 5.41) is 13.5. The smallest absolute Gasteiger partial charge is 0.337 e. The van der Waals surface area contributed by atoms with E-state index in [4.69, 9.17) is 4.74 Å². The van der Waals surface area contributed by atoms with E-state index in [2.05, 4.69) is 10.3 Å². The van der Waals surface area contributed by atoms with Crippen molar-refractivity contribution in [3.8, 4) is 5.75 Å². The maximum atomic E-state index is 11.4. The summed E-state index contributed by atoms with van der Waals surface area (Å²) in [6, 6.07) is 14.5. The zero-order valence-electron chi connectivity index (χ0n) is 13.3. The Morgan fingerprint density at radius 3 is 2.58 bits per heavy atom. The second-order valence-corrected chi connectivity index (χ2v) is 5.22. The van der Waals surface area contributed by atoms with Crippen LogP contribution in [0.5, 0.6) is 5.75 Å². The Labute approximate surface area is 145 Å². The number of anilines is 2. The van der Waals surface area contributed by atoms with E-state index in [1.54, 1.807) is 31.4 Å². The zero-order valence-corrected chi connectivity index (χ0v) is 14.0. The molecule has 0 saturated heterocycles. The fourth-order valence-corrected chi connectivity index (χ4v) is 2.61. The molecule has 0 radical (unpaired) electrons. The molecule has 0 saturated carbocycles. The molecule has 2 aromatic carbocycles. The summed E-state index contributed by atoms with van der Waals surface area (Å²) in [4.78, 5) is 14.7. The number of aromatic carboxylic acids is 1. The lowest BCUT2D eigenvalue weighted by molar-refractivity contribution is -0.355. The van der Waals surface area contributed by atoms with Crippen molar-refractivity contribution >= 4 is 28.2 Å². The number of H-pyrrole nitrogens is 1. The van der Waals surface area contributed by atoms with E-state index in [0.29, 0.717) is 5.69 Å². The van der Waals surface area contributed by atoms with Gasteiger partial charge in [0.05, 0.1) is 29.4 Å². The van der Waals surface area contributed by atoms with Crippen molar-refractivity contribution in [2.45, 2.75) is 6.92 Å². The third-order valence-corrected chi connectivity index (χ3v) is 3.65. The van der Waals surface area contributed by atoms with Crippen molar-refractivity contribution in [1.29, 1.82) is 0 Å². The molecule has 0 atom stereocenters. The molecule has 0 aliphatic rings. The Balaban J connectivity index is 0.00000208. The lowest BCUT2D eigenvalue weighted by Crippen LogP contribution is -3.00. The number of aromatic nitrogens is 1. The number of rotatable bonds is 4. The normalized spacial score (nSPS) is 10.1. The first-order chi connectivity index (χ1) is 11.1. The van der Waals surface area contributed by atoms with Crippen LogP contribution in [0, 0.1) is 6.92 Å². The van der Waals surface area contributed by atoms with Gasteiger partial charge in [-0.15, -0.1) is 0 Å². The van der Waals surface area contributed by atoms with Gasteiger partial charge in [0, 0.05) is 13.0 Å². The maximum absolute atomic E-state index is 11.4. The van der Waals surface area contributed by atoms with Crippen LogP contribution in [-0.2, 0) is 0 Å². The van der Waals surface area contributed by atoms with E-state index < -0.39 is 5.97 Å². The van der Waals surface area contributed by atoms with Crippen molar-refractivity contribution in [3.63, 3.8) is 0 Å². The van der Waals surface area contributed by atoms with Crippen molar-refractivity contribution in [1.82, 2.24) is 0 Å². The van der Waals surface area contributed by atoms with Crippen LogP contribution in [0.2, 0.25) is 0 Å². The topological polar surface area (TPSA) is 72.7 Å². The number of pyridine rings is 1.